The molecule has 1 aromatic rings. The lowest BCUT2D eigenvalue weighted by atomic mass is 10.1. The highest BCUT2D eigenvalue weighted by atomic mass is 35.5. The van der Waals surface area contributed by atoms with Crippen LogP contribution in [0.3, 0.4) is 0 Å². The molecule has 3 N–H and O–H groups in total. The fourth-order valence-corrected chi connectivity index (χ4v) is 2.46. The van der Waals surface area contributed by atoms with Crippen molar-refractivity contribution in [3.05, 3.63) is 34.3 Å². The average Bonchev–Trinajstić information content (AvgIpc) is 2.26. The van der Waals surface area contributed by atoms with Crippen molar-refractivity contribution in [1.82, 2.24) is 5.32 Å². The van der Waals surface area contributed by atoms with Crippen LogP contribution in [0.5, 0.6) is 0 Å². The third-order valence-corrected chi connectivity index (χ3v) is 3.68. The van der Waals surface area contributed by atoms with Crippen molar-refractivity contribution in [3.8, 4) is 0 Å². The van der Waals surface area contributed by atoms with Crippen LogP contribution in [0.1, 0.15) is 28.8 Å². The molecule has 0 unspecified atom stereocenters. The van der Waals surface area contributed by atoms with Crippen LogP contribution in [-0.4, -0.2) is 26.6 Å². The Hall–Kier alpha value is -1.11. The van der Waals surface area contributed by atoms with E-state index in [1.54, 1.807) is 12.1 Å². The third-order valence-electron chi connectivity index (χ3n) is 2.51. The fraction of sp³-hybridized carbons (Fsp3) is 0.417. The molecule has 0 aliphatic rings. The molecular weight excluding hydrogens is 288 g/mol. The summed E-state index contributed by atoms with van der Waals surface area (Å²) in [7, 11) is -3.42. The molecule has 5 nitrogen and oxygen atoms in total. The molecule has 0 saturated heterocycles. The highest BCUT2D eigenvalue weighted by molar-refractivity contribution is 7.89. The van der Waals surface area contributed by atoms with Crippen molar-refractivity contribution in [2.24, 2.45) is 5.14 Å². The average molecular weight is 305 g/mol. The largest absolute Gasteiger partial charge is 0.352 e. The second kappa shape index (κ2) is 6.88. The summed E-state index contributed by atoms with van der Waals surface area (Å²) in [5, 5.41) is 7.96. The summed E-state index contributed by atoms with van der Waals surface area (Å²) in [5.41, 5.74) is 1.40. The molecule has 0 aliphatic carbocycles. The zero-order valence-electron chi connectivity index (χ0n) is 10.6. The first kappa shape index (κ1) is 15.9. The topological polar surface area (TPSA) is 89.3 Å². The number of hydrogen-bond donors (Lipinski definition) is 2. The summed E-state index contributed by atoms with van der Waals surface area (Å²) in [6, 6.07) is 5.19. The Morgan fingerprint density at radius 1 is 1.37 bits per heavy atom. The van der Waals surface area contributed by atoms with Crippen molar-refractivity contribution in [1.29, 1.82) is 0 Å². The van der Waals surface area contributed by atoms with E-state index in [1.807, 2.05) is 13.0 Å². The monoisotopic (exact) mass is 304 g/mol. The maximum absolute atomic E-state index is 11.8. The Kier molecular flexibility index (Phi) is 5.78. The number of unbranched alkanes of at least 4 members (excludes halogenated alkanes) is 1. The van der Waals surface area contributed by atoms with Gasteiger partial charge in [-0.1, -0.05) is 17.7 Å². The molecule has 106 valence electrons. The van der Waals surface area contributed by atoms with Crippen LogP contribution < -0.4 is 10.5 Å². The van der Waals surface area contributed by atoms with Crippen LogP contribution in [0.25, 0.3) is 0 Å². The molecule has 0 aromatic heterocycles. The molecule has 0 fully saturated rings. The first-order valence-corrected chi connectivity index (χ1v) is 7.94. The number of primary sulfonamides is 1. The minimum atomic E-state index is -3.42. The highest BCUT2D eigenvalue weighted by Crippen LogP contribution is 2.17. The van der Waals surface area contributed by atoms with Gasteiger partial charge in [0.05, 0.1) is 16.3 Å². The van der Waals surface area contributed by atoms with Gasteiger partial charge in [-0.2, -0.15) is 0 Å². The molecule has 19 heavy (non-hydrogen) atoms. The lowest BCUT2D eigenvalue weighted by Crippen LogP contribution is -2.25. The van der Waals surface area contributed by atoms with Crippen molar-refractivity contribution in [2.45, 2.75) is 19.8 Å². The van der Waals surface area contributed by atoms with E-state index in [-0.39, 0.29) is 11.7 Å². The number of benzene rings is 1. The molecule has 7 heteroatoms. The van der Waals surface area contributed by atoms with Gasteiger partial charge in [-0.15, -0.1) is 0 Å². The number of carbonyl (C=O) groups is 1. The molecule has 0 spiro atoms. The lowest BCUT2D eigenvalue weighted by Gasteiger charge is -2.07. The summed E-state index contributed by atoms with van der Waals surface area (Å²) in [5.74, 6) is -0.339. The van der Waals surface area contributed by atoms with Crippen LogP contribution in [0.15, 0.2) is 18.2 Å². The van der Waals surface area contributed by atoms with E-state index in [1.165, 1.54) is 0 Å². The summed E-state index contributed by atoms with van der Waals surface area (Å²) in [6.07, 6.45) is 0.965. The van der Waals surface area contributed by atoms with Crippen LogP contribution in [0.4, 0.5) is 0 Å². The number of sulfonamides is 1. The van der Waals surface area contributed by atoms with E-state index in [2.05, 4.69) is 5.32 Å². The normalized spacial score (nSPS) is 11.3. The smallest absolute Gasteiger partial charge is 0.252 e. The molecule has 0 bridgehead atoms. The molecule has 0 saturated carbocycles. The summed E-state index contributed by atoms with van der Waals surface area (Å²) >= 11 is 5.97. The first-order valence-electron chi connectivity index (χ1n) is 5.84. The Morgan fingerprint density at radius 3 is 2.63 bits per heavy atom. The van der Waals surface area contributed by atoms with Gasteiger partial charge in [-0.05, 0) is 37.5 Å². The van der Waals surface area contributed by atoms with Crippen LogP contribution in [-0.2, 0) is 10.0 Å². The summed E-state index contributed by atoms with van der Waals surface area (Å²) < 4.78 is 21.4. The van der Waals surface area contributed by atoms with E-state index in [0.717, 1.165) is 5.56 Å². The minimum Gasteiger partial charge on any atom is -0.352 e. The number of nitrogens with two attached hydrogens (primary N) is 1. The van der Waals surface area contributed by atoms with Gasteiger partial charge in [0.2, 0.25) is 10.0 Å². The van der Waals surface area contributed by atoms with Crippen molar-refractivity contribution in [3.63, 3.8) is 0 Å². The van der Waals surface area contributed by atoms with Crippen molar-refractivity contribution < 1.29 is 13.2 Å². The standard InChI is InChI=1S/C12H17ClN2O3S/c1-9-4-5-10(11(13)8-9)12(16)15-6-2-3-7-19(14,17)18/h4-5,8H,2-3,6-7H2,1H3,(H,15,16)(H2,14,17,18). The number of rotatable bonds is 6. The molecule has 0 aliphatic heterocycles. The maximum Gasteiger partial charge on any atom is 0.252 e. The maximum atomic E-state index is 11.8. The third kappa shape index (κ3) is 6.04. The number of carbonyl (C=O) groups excluding carboxylic acids is 1. The van der Waals surface area contributed by atoms with E-state index in [9.17, 15) is 13.2 Å². The highest BCUT2D eigenvalue weighted by Gasteiger charge is 2.09. The number of amides is 1. The van der Waals surface area contributed by atoms with Gasteiger partial charge < -0.3 is 5.32 Å². The first-order chi connectivity index (χ1) is 8.79. The zero-order chi connectivity index (χ0) is 14.5. The number of halogens is 1. The lowest BCUT2D eigenvalue weighted by molar-refractivity contribution is 0.0953. The molecular formula is C12H17ClN2O3S. The molecule has 0 heterocycles. The van der Waals surface area contributed by atoms with Crippen LogP contribution in [0.2, 0.25) is 5.02 Å². The second-order valence-electron chi connectivity index (χ2n) is 4.31. The summed E-state index contributed by atoms with van der Waals surface area (Å²) in [4.78, 5) is 11.8. The van der Waals surface area contributed by atoms with E-state index in [4.69, 9.17) is 16.7 Å². The molecule has 1 rings (SSSR count). The van der Waals surface area contributed by atoms with E-state index >= 15 is 0 Å². The molecule has 1 aromatic carbocycles. The van der Waals surface area contributed by atoms with Crippen LogP contribution in [0, 0.1) is 6.92 Å². The Morgan fingerprint density at radius 2 is 2.05 bits per heavy atom. The predicted molar refractivity (Wildman–Crippen MR) is 75.7 cm³/mol. The van der Waals surface area contributed by atoms with Gasteiger partial charge in [-0.3, -0.25) is 4.79 Å². The van der Waals surface area contributed by atoms with Gasteiger partial charge in [0.25, 0.3) is 5.91 Å². The Labute approximate surface area is 118 Å². The van der Waals surface area contributed by atoms with E-state index < -0.39 is 10.0 Å². The number of nitrogens with one attached hydrogen (secondary N) is 1. The number of aryl methyl sites for hydroxylation is 1. The van der Waals surface area contributed by atoms with Gasteiger partial charge in [-0.25, -0.2) is 13.6 Å². The Bertz CT molecular complexity index is 558. The van der Waals surface area contributed by atoms with Crippen molar-refractivity contribution in [2.75, 3.05) is 12.3 Å². The van der Waals surface area contributed by atoms with Gasteiger partial charge in [0.1, 0.15) is 0 Å². The van der Waals surface area contributed by atoms with Gasteiger partial charge in [0.15, 0.2) is 0 Å². The SMILES string of the molecule is Cc1ccc(C(=O)NCCCCS(N)(=O)=O)c(Cl)c1. The fourth-order valence-electron chi connectivity index (χ4n) is 1.53. The van der Waals surface area contributed by atoms with Gasteiger partial charge in [0, 0.05) is 6.54 Å². The number of hydrogen-bond acceptors (Lipinski definition) is 3. The summed E-state index contributed by atoms with van der Waals surface area (Å²) in [6.45, 7) is 2.28. The van der Waals surface area contributed by atoms with Crippen LogP contribution >= 0.6 is 11.6 Å². The molecule has 1 amide bonds. The minimum absolute atomic E-state index is 0.0752. The van der Waals surface area contributed by atoms with E-state index in [0.29, 0.717) is 30.0 Å². The molecule has 0 atom stereocenters. The second-order valence-corrected chi connectivity index (χ2v) is 6.45. The Balaban J connectivity index is 2.39. The quantitative estimate of drug-likeness (QED) is 0.779. The molecule has 0 radical (unpaired) electrons. The van der Waals surface area contributed by atoms with Gasteiger partial charge >= 0.3 is 0 Å². The van der Waals surface area contributed by atoms with Crippen molar-refractivity contribution >= 4 is 27.5 Å². The predicted octanol–water partition coefficient (Wildman–Crippen LogP) is 1.45. The zero-order valence-corrected chi connectivity index (χ0v) is 12.2.